The summed E-state index contributed by atoms with van der Waals surface area (Å²) in [5.41, 5.74) is 1.62. The largest absolute Gasteiger partial charge is 0.463 e. The van der Waals surface area contributed by atoms with Gasteiger partial charge in [0.2, 0.25) is 23.7 Å². The van der Waals surface area contributed by atoms with Gasteiger partial charge in [0.05, 0.1) is 12.0 Å². The molecule has 2 spiro atoms. The smallest absolute Gasteiger partial charge is 0.245 e. The van der Waals surface area contributed by atoms with Crippen LogP contribution in [0.5, 0.6) is 0 Å². The molecule has 2 aromatic rings. The molecule has 6 heterocycles. The van der Waals surface area contributed by atoms with Crippen molar-refractivity contribution in [1.82, 2.24) is 14.8 Å². The van der Waals surface area contributed by atoms with E-state index in [2.05, 4.69) is 15.3 Å². The first-order chi connectivity index (χ1) is 22.2. The fourth-order valence-corrected chi connectivity index (χ4v) is 6.12. The van der Waals surface area contributed by atoms with Gasteiger partial charge in [0, 0.05) is 96.6 Å². The monoisotopic (exact) mass is 663 g/mol. The average Bonchev–Trinajstić information content (AvgIpc) is 3.81. The van der Waals surface area contributed by atoms with Gasteiger partial charge in [-0.25, -0.2) is 17.6 Å². The molecule has 47 heavy (non-hydrogen) atoms. The molecule has 256 valence electrons. The van der Waals surface area contributed by atoms with Crippen molar-refractivity contribution in [1.29, 1.82) is 0 Å². The molecule has 10 nitrogen and oxygen atoms in total. The predicted octanol–water partition coefficient (Wildman–Crippen LogP) is 6.20. The Labute approximate surface area is 271 Å². The summed E-state index contributed by atoms with van der Waals surface area (Å²) in [6, 6.07) is 9.28. The second-order valence-corrected chi connectivity index (χ2v) is 13.1. The fourth-order valence-electron chi connectivity index (χ4n) is 6.12. The highest BCUT2D eigenvalue weighted by Gasteiger charge is 2.45. The van der Waals surface area contributed by atoms with Crippen LogP contribution in [0.15, 0.2) is 57.5 Å². The Morgan fingerprint density at radius 3 is 1.72 bits per heavy atom. The normalized spacial score (nSPS) is 20.2. The number of carbonyl (C=O) groups excluding carboxylic acids is 2. The van der Waals surface area contributed by atoms with Crippen LogP contribution >= 0.6 is 0 Å². The molecule has 0 bridgehead atoms. The lowest BCUT2D eigenvalue weighted by atomic mass is 9.86. The van der Waals surface area contributed by atoms with E-state index >= 15 is 0 Å². The number of carbonyl (C=O) groups is 2. The highest BCUT2D eigenvalue weighted by Crippen LogP contribution is 2.37. The molecule has 0 unspecified atom stereocenters. The van der Waals surface area contributed by atoms with Crippen molar-refractivity contribution in [3.05, 3.63) is 54.2 Å². The van der Waals surface area contributed by atoms with Gasteiger partial charge in [0.1, 0.15) is 22.6 Å². The van der Waals surface area contributed by atoms with E-state index in [1.54, 1.807) is 28.3 Å². The maximum absolute atomic E-state index is 12.9. The van der Waals surface area contributed by atoms with E-state index in [0.717, 1.165) is 31.0 Å². The van der Waals surface area contributed by atoms with E-state index in [4.69, 9.17) is 14.1 Å². The quantitative estimate of drug-likeness (QED) is 0.311. The van der Waals surface area contributed by atoms with Gasteiger partial charge >= 0.3 is 0 Å². The van der Waals surface area contributed by atoms with Crippen molar-refractivity contribution in [3.63, 3.8) is 0 Å². The summed E-state index contributed by atoms with van der Waals surface area (Å²) in [6.45, 7) is 3.72. The van der Waals surface area contributed by atoms with Crippen LogP contribution in [0.25, 0.3) is 0 Å². The third-order valence-corrected chi connectivity index (χ3v) is 9.05. The Bertz CT molecular complexity index is 1420. The Morgan fingerprint density at radius 2 is 1.28 bits per heavy atom. The number of furan rings is 1. The van der Waals surface area contributed by atoms with Crippen LogP contribution in [0.2, 0.25) is 0 Å². The van der Waals surface area contributed by atoms with Crippen LogP contribution in [0, 0.1) is 0 Å². The summed E-state index contributed by atoms with van der Waals surface area (Å²) in [5, 5.41) is 8.29. The standard InChI is InChI=1S/C17H21F2N3O2.C16H20F2N2O3/c1-16(18,19)6-5-15(23)22-10-7-17(8-11-22)12-14(21-24-17)13-4-2-3-9-20-13;1-15(17,18)5-4-14(21)20-8-6-16(7-9-20)11-12(19-23-16)13-3-2-10-22-13/h2-4,9H,5-8,10-12H2,1H3;2-3,10H,4-9,11H2,1H3. The number of likely N-dealkylation sites (tertiary alicyclic amines) is 2. The summed E-state index contributed by atoms with van der Waals surface area (Å²) in [5.74, 6) is -5.33. The first kappa shape index (κ1) is 34.4. The first-order valence-corrected chi connectivity index (χ1v) is 16.0. The maximum Gasteiger partial charge on any atom is 0.245 e. The van der Waals surface area contributed by atoms with Crippen molar-refractivity contribution in [2.24, 2.45) is 10.3 Å². The van der Waals surface area contributed by atoms with Gasteiger partial charge in [-0.15, -0.1) is 0 Å². The number of piperidine rings is 2. The van der Waals surface area contributed by atoms with E-state index in [9.17, 15) is 27.2 Å². The number of nitrogens with zero attached hydrogens (tertiary/aromatic N) is 5. The van der Waals surface area contributed by atoms with Gasteiger partial charge < -0.3 is 23.9 Å². The van der Waals surface area contributed by atoms with E-state index in [1.165, 1.54) is 0 Å². The van der Waals surface area contributed by atoms with Gasteiger partial charge in [0.25, 0.3) is 0 Å². The summed E-state index contributed by atoms with van der Waals surface area (Å²) in [4.78, 5) is 42.9. The maximum atomic E-state index is 12.9. The van der Waals surface area contributed by atoms with Gasteiger partial charge in [-0.1, -0.05) is 16.4 Å². The Balaban J connectivity index is 0.000000185. The second kappa shape index (κ2) is 14.0. The topological polar surface area (TPSA) is 110 Å². The van der Waals surface area contributed by atoms with Crippen molar-refractivity contribution >= 4 is 23.2 Å². The number of hydrogen-bond donors (Lipinski definition) is 0. The van der Waals surface area contributed by atoms with Crippen molar-refractivity contribution in [2.45, 2.75) is 101 Å². The number of alkyl halides is 4. The lowest BCUT2D eigenvalue weighted by Gasteiger charge is -2.37. The number of amides is 2. The number of aromatic nitrogens is 1. The Kier molecular flexibility index (Phi) is 10.3. The highest BCUT2D eigenvalue weighted by atomic mass is 19.3. The molecule has 0 saturated carbocycles. The number of halogens is 4. The molecule has 4 aliphatic heterocycles. The molecule has 2 amide bonds. The minimum absolute atomic E-state index is 0.118. The molecule has 0 aromatic carbocycles. The first-order valence-electron chi connectivity index (χ1n) is 16.0. The van der Waals surface area contributed by atoms with E-state index in [1.807, 2.05) is 24.3 Å². The minimum atomic E-state index is -2.80. The van der Waals surface area contributed by atoms with Crippen molar-refractivity contribution in [2.75, 3.05) is 26.2 Å². The molecule has 2 fully saturated rings. The average molecular weight is 664 g/mol. The third kappa shape index (κ3) is 9.32. The molecule has 0 radical (unpaired) electrons. The summed E-state index contributed by atoms with van der Waals surface area (Å²) in [6.07, 6.45) is 6.17. The zero-order valence-electron chi connectivity index (χ0n) is 26.7. The molecule has 6 rings (SSSR count). The molecule has 0 atom stereocenters. The molecule has 0 N–H and O–H groups in total. The van der Waals surface area contributed by atoms with Gasteiger partial charge in [-0.2, -0.15) is 0 Å². The van der Waals surface area contributed by atoms with Crippen LogP contribution in [0.3, 0.4) is 0 Å². The SMILES string of the molecule is CC(F)(F)CCC(=O)N1CCC2(CC1)CC(c1ccccn1)=NO2.CC(F)(F)CCC(=O)N1CCC2(CC1)CC(c1ccco1)=NO2. The number of hydrogen-bond acceptors (Lipinski definition) is 8. The van der Waals surface area contributed by atoms with Crippen LogP contribution in [0.1, 0.15) is 89.5 Å². The number of pyridine rings is 1. The van der Waals surface area contributed by atoms with E-state index in [0.29, 0.717) is 70.5 Å². The highest BCUT2D eigenvalue weighted by molar-refractivity contribution is 6.00. The molecule has 4 aliphatic rings. The lowest BCUT2D eigenvalue weighted by Crippen LogP contribution is -2.47. The molecule has 2 aromatic heterocycles. The fraction of sp³-hybridized carbons (Fsp3) is 0.606. The number of oxime groups is 2. The van der Waals surface area contributed by atoms with Gasteiger partial charge in [0.15, 0.2) is 5.76 Å². The summed E-state index contributed by atoms with van der Waals surface area (Å²) < 4.78 is 56.8. The van der Waals surface area contributed by atoms with Crippen LogP contribution in [-0.2, 0) is 19.3 Å². The second-order valence-electron chi connectivity index (χ2n) is 13.1. The Morgan fingerprint density at radius 1 is 0.766 bits per heavy atom. The molecule has 0 aliphatic carbocycles. The number of rotatable bonds is 8. The lowest BCUT2D eigenvalue weighted by molar-refractivity contribution is -0.139. The van der Waals surface area contributed by atoms with E-state index < -0.39 is 35.9 Å². The van der Waals surface area contributed by atoms with Crippen molar-refractivity contribution < 1.29 is 41.2 Å². The van der Waals surface area contributed by atoms with Gasteiger partial charge in [-0.3, -0.25) is 14.6 Å². The third-order valence-electron chi connectivity index (χ3n) is 9.05. The molecular formula is C33H41F4N5O5. The minimum Gasteiger partial charge on any atom is -0.463 e. The van der Waals surface area contributed by atoms with E-state index in [-0.39, 0.29) is 24.7 Å². The zero-order chi connectivity index (χ0) is 33.7. The van der Waals surface area contributed by atoms with Crippen LogP contribution < -0.4 is 0 Å². The van der Waals surface area contributed by atoms with Crippen LogP contribution in [-0.4, -0.2) is 87.2 Å². The van der Waals surface area contributed by atoms with Gasteiger partial charge in [-0.05, 0) is 38.1 Å². The Hall–Kier alpha value is -3.97. The zero-order valence-corrected chi connectivity index (χ0v) is 26.7. The van der Waals surface area contributed by atoms with Crippen molar-refractivity contribution in [3.8, 4) is 0 Å². The molecule has 2 saturated heterocycles. The summed E-state index contributed by atoms with van der Waals surface area (Å²) >= 11 is 0. The van der Waals surface area contributed by atoms with Crippen LogP contribution in [0.4, 0.5) is 17.6 Å². The predicted molar refractivity (Wildman–Crippen MR) is 164 cm³/mol. The molecule has 14 heteroatoms. The molecular weight excluding hydrogens is 622 g/mol. The summed E-state index contributed by atoms with van der Waals surface area (Å²) in [7, 11) is 0.